The summed E-state index contributed by atoms with van der Waals surface area (Å²) in [6.07, 6.45) is -10.1. The summed E-state index contributed by atoms with van der Waals surface area (Å²) < 4.78 is 87.7. The van der Waals surface area contributed by atoms with Crippen molar-refractivity contribution in [3.63, 3.8) is 0 Å². The van der Waals surface area contributed by atoms with Crippen LogP contribution in [0.1, 0.15) is 38.3 Å². The predicted octanol–water partition coefficient (Wildman–Crippen LogP) is 6.86. The van der Waals surface area contributed by atoms with Gasteiger partial charge in [0.15, 0.2) is 0 Å². The monoisotopic (exact) mass is 422 g/mol. The molecule has 0 bridgehead atoms. The summed E-state index contributed by atoms with van der Waals surface area (Å²) in [6.45, 7) is 6.64. The van der Waals surface area contributed by atoms with E-state index in [-0.39, 0.29) is 0 Å². The minimum Gasteiger partial charge on any atom is -0.508 e. The molecule has 0 aliphatic heterocycles. The van der Waals surface area contributed by atoms with Crippen molar-refractivity contribution >= 4 is 0 Å². The van der Waals surface area contributed by atoms with Crippen LogP contribution >= 0.6 is 0 Å². The van der Waals surface area contributed by atoms with E-state index in [4.69, 9.17) is 4.74 Å². The zero-order chi connectivity index (χ0) is 22.5. The van der Waals surface area contributed by atoms with Crippen molar-refractivity contribution in [1.29, 1.82) is 0 Å². The zero-order valence-electron chi connectivity index (χ0n) is 16.5. The summed E-state index contributed by atoms with van der Waals surface area (Å²) >= 11 is 0. The van der Waals surface area contributed by atoms with E-state index >= 15 is 0 Å². The fourth-order valence-electron chi connectivity index (χ4n) is 2.61. The number of rotatable bonds is 4. The summed E-state index contributed by atoms with van der Waals surface area (Å²) in [5, 5.41) is 9.21. The number of methoxy groups -OCH3 is 1. The van der Waals surface area contributed by atoms with E-state index in [9.17, 15) is 31.4 Å². The molecule has 1 N–H and O–H groups in total. The lowest BCUT2D eigenvalue weighted by atomic mass is 9.72. The maximum absolute atomic E-state index is 13.8. The highest BCUT2D eigenvalue weighted by Gasteiger charge is 2.73. The van der Waals surface area contributed by atoms with Crippen molar-refractivity contribution in [2.45, 2.75) is 45.0 Å². The summed E-state index contributed by atoms with van der Waals surface area (Å²) in [7, 11) is 0.993. The maximum Gasteiger partial charge on any atom is 0.411 e. The molecule has 2 aromatic carbocycles. The van der Waals surface area contributed by atoms with Crippen molar-refractivity contribution < 1.29 is 36.2 Å². The number of halogens is 6. The Labute approximate surface area is 166 Å². The van der Waals surface area contributed by atoms with Crippen molar-refractivity contribution in [1.82, 2.24) is 0 Å². The largest absolute Gasteiger partial charge is 0.508 e. The van der Waals surface area contributed by atoms with E-state index in [1.165, 1.54) is 12.5 Å². The van der Waals surface area contributed by atoms with Crippen molar-refractivity contribution in [2.24, 2.45) is 5.92 Å². The van der Waals surface area contributed by atoms with Crippen LogP contribution in [0.15, 0.2) is 48.5 Å². The number of hydrogen-bond acceptors (Lipinski definition) is 2. The van der Waals surface area contributed by atoms with Gasteiger partial charge in [-0.25, -0.2) is 0 Å². The van der Waals surface area contributed by atoms with Crippen LogP contribution in [0.3, 0.4) is 0 Å². The van der Waals surface area contributed by atoms with Gasteiger partial charge < -0.3 is 9.84 Å². The molecule has 0 atom stereocenters. The summed E-state index contributed by atoms with van der Waals surface area (Å²) in [6, 6.07) is 6.86. The summed E-state index contributed by atoms with van der Waals surface area (Å²) in [5.41, 5.74) is -6.43. The van der Waals surface area contributed by atoms with Crippen LogP contribution in [0.5, 0.6) is 11.5 Å². The molecule has 0 spiro atoms. The van der Waals surface area contributed by atoms with E-state index in [1.54, 1.807) is 0 Å². The Morgan fingerprint density at radius 2 is 1.31 bits per heavy atom. The average Bonchev–Trinajstić information content (AvgIpc) is 2.62. The number of aromatic hydroxyl groups is 1. The molecule has 0 saturated heterocycles. The molecule has 0 radical (unpaired) electrons. The molecule has 2 aromatic rings. The Bertz CT molecular complexity index is 750. The number of hydrogen-bond donors (Lipinski definition) is 1. The Hall–Kier alpha value is -2.38. The van der Waals surface area contributed by atoms with E-state index in [1.807, 2.05) is 0 Å². The van der Waals surface area contributed by atoms with Gasteiger partial charge in [0, 0.05) is 5.56 Å². The van der Waals surface area contributed by atoms with Gasteiger partial charge in [-0.1, -0.05) is 57.5 Å². The topological polar surface area (TPSA) is 29.5 Å². The Kier molecular flexibility index (Phi) is 8.00. The van der Waals surface area contributed by atoms with Gasteiger partial charge in [-0.05, 0) is 29.7 Å². The molecule has 0 aromatic heterocycles. The highest BCUT2D eigenvalue weighted by Crippen LogP contribution is 2.58. The number of para-hydroxylation sites is 1. The van der Waals surface area contributed by atoms with Crippen molar-refractivity contribution in [3.8, 4) is 11.5 Å². The molecule has 162 valence electrons. The van der Waals surface area contributed by atoms with Crippen LogP contribution in [0.4, 0.5) is 26.3 Å². The molecule has 0 amide bonds. The molecule has 29 heavy (non-hydrogen) atoms. The van der Waals surface area contributed by atoms with Gasteiger partial charge in [0.25, 0.3) is 0 Å². The quantitative estimate of drug-likeness (QED) is 0.545. The number of phenolic OH excluding ortho intramolecular Hbond substituents is 1. The van der Waals surface area contributed by atoms with Gasteiger partial charge in [-0.15, -0.1) is 0 Å². The van der Waals surface area contributed by atoms with Crippen LogP contribution in [0.2, 0.25) is 0 Å². The van der Waals surface area contributed by atoms with Crippen LogP contribution in [0.25, 0.3) is 0 Å². The molecule has 0 aliphatic carbocycles. The van der Waals surface area contributed by atoms with Gasteiger partial charge in [0.05, 0.1) is 7.11 Å². The predicted molar refractivity (Wildman–Crippen MR) is 99.1 cm³/mol. The molecule has 0 unspecified atom stereocenters. The fourth-order valence-corrected chi connectivity index (χ4v) is 2.61. The third-order valence-corrected chi connectivity index (χ3v) is 4.48. The molecule has 2 nitrogen and oxygen atoms in total. The maximum atomic E-state index is 13.8. The van der Waals surface area contributed by atoms with Crippen LogP contribution < -0.4 is 4.74 Å². The Morgan fingerprint density at radius 1 is 0.862 bits per heavy atom. The first kappa shape index (κ1) is 24.7. The van der Waals surface area contributed by atoms with Gasteiger partial charge >= 0.3 is 12.4 Å². The number of ether oxygens (including phenoxy) is 1. The first-order chi connectivity index (χ1) is 13.3. The van der Waals surface area contributed by atoms with E-state index in [0.29, 0.717) is 12.1 Å². The minimum absolute atomic E-state index is 0.447. The fraction of sp³-hybridized carbons (Fsp3) is 0.429. The van der Waals surface area contributed by atoms with Crippen LogP contribution in [-0.4, -0.2) is 24.6 Å². The lowest BCUT2D eigenvalue weighted by Crippen LogP contribution is -2.54. The van der Waals surface area contributed by atoms with Gasteiger partial charge in [0.1, 0.15) is 11.5 Å². The minimum atomic E-state index is -5.70. The number of benzene rings is 2. The molecule has 8 heteroatoms. The second kappa shape index (κ2) is 9.41. The van der Waals surface area contributed by atoms with Crippen LogP contribution in [0, 0.1) is 5.92 Å². The molecular formula is C21H24F6O2. The normalized spacial score (nSPS) is 12.4. The standard InChI is InChI=1S/C16H12F6O2.C5H12/c1-24-13-5-3-2-4-12(13)14(15(17,18)19,16(20,21)22)10-6-8-11(23)9-7-10;1-4-5(2)3/h2-9,23H,1H3;5H,4H2,1-3H3. The molecule has 0 fully saturated rings. The third-order valence-electron chi connectivity index (χ3n) is 4.48. The molecular weight excluding hydrogens is 398 g/mol. The molecule has 0 heterocycles. The molecule has 0 aliphatic rings. The van der Waals surface area contributed by atoms with Crippen molar-refractivity contribution in [2.75, 3.05) is 7.11 Å². The number of alkyl halides is 6. The van der Waals surface area contributed by atoms with E-state index < -0.39 is 40.4 Å². The highest BCUT2D eigenvalue weighted by atomic mass is 19.4. The zero-order valence-corrected chi connectivity index (χ0v) is 16.5. The summed E-state index contributed by atoms with van der Waals surface area (Å²) in [5.74, 6) is -0.104. The van der Waals surface area contributed by atoms with Gasteiger partial charge in [-0.2, -0.15) is 26.3 Å². The lowest BCUT2D eigenvalue weighted by Gasteiger charge is -2.38. The Morgan fingerprint density at radius 3 is 1.69 bits per heavy atom. The first-order valence-electron chi connectivity index (χ1n) is 8.89. The summed E-state index contributed by atoms with van der Waals surface area (Å²) in [4.78, 5) is 0. The molecule has 0 saturated carbocycles. The SMILES string of the molecule is CCC(C)C.COc1ccccc1C(c1ccc(O)cc1)(C(F)(F)F)C(F)(F)F. The van der Waals surface area contributed by atoms with Gasteiger partial charge in [-0.3, -0.25) is 0 Å². The Balaban J connectivity index is 0.000000749. The lowest BCUT2D eigenvalue weighted by molar-refractivity contribution is -0.289. The van der Waals surface area contributed by atoms with Crippen molar-refractivity contribution in [3.05, 3.63) is 59.7 Å². The van der Waals surface area contributed by atoms with Crippen LogP contribution in [-0.2, 0) is 5.41 Å². The molecule has 2 rings (SSSR count). The number of phenols is 1. The second-order valence-corrected chi connectivity index (χ2v) is 6.79. The highest BCUT2D eigenvalue weighted by molar-refractivity contribution is 5.51. The smallest absolute Gasteiger partial charge is 0.411 e. The third kappa shape index (κ3) is 5.16. The van der Waals surface area contributed by atoms with Gasteiger partial charge in [0.2, 0.25) is 5.41 Å². The first-order valence-corrected chi connectivity index (χ1v) is 8.89. The second-order valence-electron chi connectivity index (χ2n) is 6.79. The average molecular weight is 422 g/mol. The van der Waals surface area contributed by atoms with E-state index in [2.05, 4.69) is 20.8 Å². The van der Waals surface area contributed by atoms with E-state index in [0.717, 1.165) is 43.4 Å².